The van der Waals surface area contributed by atoms with Crippen LogP contribution in [0.1, 0.15) is 49.6 Å². The summed E-state index contributed by atoms with van der Waals surface area (Å²) in [5, 5.41) is 5.91. The van der Waals surface area contributed by atoms with E-state index in [4.69, 9.17) is 21.8 Å². The summed E-state index contributed by atoms with van der Waals surface area (Å²) in [5.41, 5.74) is 2.14. The van der Waals surface area contributed by atoms with Gasteiger partial charge in [0.1, 0.15) is 23.0 Å². The van der Waals surface area contributed by atoms with Crippen LogP contribution in [0.4, 0.5) is 13.2 Å². The van der Waals surface area contributed by atoms with Gasteiger partial charge in [-0.2, -0.15) is 4.99 Å². The molecule has 3 N–H and O–H groups in total. The molecule has 1 unspecified atom stereocenters. The van der Waals surface area contributed by atoms with E-state index in [9.17, 15) is 18.4 Å². The molecule has 0 bridgehead atoms. The monoisotopic (exact) mass is 613 g/mol. The zero-order chi connectivity index (χ0) is 30.9. The van der Waals surface area contributed by atoms with Crippen LogP contribution < -0.4 is 11.5 Å². The molecule has 2 aromatic heterocycles. The number of allylic oxidation sites excluding steroid dienone is 1. The van der Waals surface area contributed by atoms with Crippen LogP contribution in [0.3, 0.4) is 0 Å². The number of benzene rings is 1. The van der Waals surface area contributed by atoms with E-state index in [-0.39, 0.29) is 40.3 Å². The van der Waals surface area contributed by atoms with Gasteiger partial charge in [-0.05, 0) is 62.6 Å². The van der Waals surface area contributed by atoms with E-state index < -0.39 is 46.2 Å². The third-order valence-electron chi connectivity index (χ3n) is 7.55. The highest BCUT2D eigenvalue weighted by Gasteiger charge is 2.48. The molecule has 1 aliphatic carbocycles. The third-order valence-corrected chi connectivity index (χ3v) is 7.75. The van der Waals surface area contributed by atoms with Crippen molar-refractivity contribution in [2.24, 2.45) is 27.6 Å². The molecule has 14 heteroatoms. The molecule has 10 nitrogen and oxygen atoms in total. The van der Waals surface area contributed by atoms with Gasteiger partial charge in [-0.1, -0.05) is 23.7 Å². The van der Waals surface area contributed by atoms with Crippen LogP contribution in [-0.4, -0.2) is 44.2 Å². The number of nitrogens with one attached hydrogen (secondary N) is 1. The first-order valence-corrected chi connectivity index (χ1v) is 13.8. The maximum atomic E-state index is 16.8. The SMILES string of the molecule is C=C[C@H]1CC[C@H](CN2C(C(C)(F)c3c(F)cccc3F)=NC(=O)/C2=C(\N=C(/N)c2n[nH]c(=O)o2)c2cncc(Cl)c2)CC1. The summed E-state index contributed by atoms with van der Waals surface area (Å²) in [5.74, 6) is -5.14. The van der Waals surface area contributed by atoms with E-state index >= 15 is 4.39 Å². The number of nitrogens with zero attached hydrogens (tertiary/aromatic N) is 5. The largest absolute Gasteiger partial charge is 0.434 e. The minimum atomic E-state index is -2.88. The van der Waals surface area contributed by atoms with Crippen LogP contribution in [0.5, 0.6) is 0 Å². The summed E-state index contributed by atoms with van der Waals surface area (Å²) in [6.45, 7) is 4.89. The summed E-state index contributed by atoms with van der Waals surface area (Å²) in [6.07, 6.45) is 7.67. The predicted molar refractivity (Wildman–Crippen MR) is 154 cm³/mol. The Labute approximate surface area is 248 Å². The van der Waals surface area contributed by atoms with Gasteiger partial charge < -0.3 is 15.1 Å². The number of amides is 1. The minimum Gasteiger partial charge on any atom is -0.384 e. The number of hydrogen-bond acceptors (Lipinski definition) is 7. The summed E-state index contributed by atoms with van der Waals surface area (Å²) in [4.78, 5) is 38.9. The van der Waals surface area contributed by atoms with Crippen LogP contribution in [0, 0.1) is 23.5 Å². The van der Waals surface area contributed by atoms with E-state index in [2.05, 4.69) is 31.7 Å². The number of pyridine rings is 1. The van der Waals surface area contributed by atoms with E-state index in [0.29, 0.717) is 5.92 Å². The first kappa shape index (κ1) is 30.0. The van der Waals surface area contributed by atoms with Crippen molar-refractivity contribution in [3.8, 4) is 0 Å². The lowest BCUT2D eigenvalue weighted by atomic mass is 9.81. The number of rotatable bonds is 8. The zero-order valence-corrected chi connectivity index (χ0v) is 23.7. The molecule has 0 radical (unpaired) electrons. The van der Waals surface area contributed by atoms with Gasteiger partial charge in [0.25, 0.3) is 11.8 Å². The highest BCUT2D eigenvalue weighted by molar-refractivity contribution is 6.30. The maximum absolute atomic E-state index is 16.8. The summed E-state index contributed by atoms with van der Waals surface area (Å²) in [6, 6.07) is 4.41. The van der Waals surface area contributed by atoms with Crippen LogP contribution in [-0.2, 0) is 10.5 Å². The van der Waals surface area contributed by atoms with Crippen molar-refractivity contribution in [3.63, 3.8) is 0 Å². The van der Waals surface area contributed by atoms with Crippen molar-refractivity contribution in [2.45, 2.75) is 38.3 Å². The molecule has 2 aliphatic rings. The molecule has 0 spiro atoms. The fourth-order valence-corrected chi connectivity index (χ4v) is 5.60. The number of amidine groups is 2. The first-order valence-electron chi connectivity index (χ1n) is 13.4. The summed E-state index contributed by atoms with van der Waals surface area (Å²) >= 11 is 6.20. The smallest absolute Gasteiger partial charge is 0.384 e. The second-order valence-corrected chi connectivity index (χ2v) is 10.9. The average Bonchev–Trinajstić information content (AvgIpc) is 3.55. The molecule has 0 saturated heterocycles. The normalized spacial score (nSPS) is 21.9. The lowest BCUT2D eigenvalue weighted by molar-refractivity contribution is -0.114. The van der Waals surface area contributed by atoms with Crippen molar-refractivity contribution >= 4 is 34.9 Å². The Balaban J connectivity index is 1.71. The molecular weight excluding hydrogens is 587 g/mol. The van der Waals surface area contributed by atoms with Gasteiger partial charge >= 0.3 is 5.76 Å². The first-order chi connectivity index (χ1) is 20.5. The van der Waals surface area contributed by atoms with Crippen LogP contribution in [0.2, 0.25) is 5.02 Å². The maximum Gasteiger partial charge on any atom is 0.434 e. The number of aliphatic imine (C=N–C) groups is 2. The Morgan fingerprint density at radius 1 is 1.26 bits per heavy atom. The van der Waals surface area contributed by atoms with Crippen molar-refractivity contribution in [2.75, 3.05) is 6.54 Å². The van der Waals surface area contributed by atoms with Gasteiger partial charge in [-0.3, -0.25) is 9.78 Å². The van der Waals surface area contributed by atoms with Crippen LogP contribution in [0.15, 0.2) is 74.2 Å². The zero-order valence-electron chi connectivity index (χ0n) is 23.0. The Bertz CT molecular complexity index is 1700. The summed E-state index contributed by atoms with van der Waals surface area (Å²) in [7, 11) is 0. The molecule has 43 heavy (non-hydrogen) atoms. The van der Waals surface area contributed by atoms with E-state index in [1.807, 2.05) is 6.08 Å². The highest BCUT2D eigenvalue weighted by Crippen LogP contribution is 2.41. The second kappa shape index (κ2) is 12.0. The number of aromatic nitrogens is 3. The molecule has 1 fully saturated rings. The number of alkyl halides is 1. The Morgan fingerprint density at radius 3 is 2.56 bits per heavy atom. The van der Waals surface area contributed by atoms with Gasteiger partial charge in [-0.15, -0.1) is 11.7 Å². The third kappa shape index (κ3) is 6.03. The Morgan fingerprint density at radius 2 is 1.95 bits per heavy atom. The number of carbonyl (C=O) groups excluding carboxylic acids is 1. The lowest BCUT2D eigenvalue weighted by Gasteiger charge is -2.35. The molecule has 3 heterocycles. The van der Waals surface area contributed by atoms with Gasteiger partial charge in [0.15, 0.2) is 17.3 Å². The lowest BCUT2D eigenvalue weighted by Crippen LogP contribution is -2.43. The Kier molecular flexibility index (Phi) is 8.36. The van der Waals surface area contributed by atoms with Gasteiger partial charge in [0.2, 0.25) is 0 Å². The molecule has 1 amide bonds. The number of halogens is 4. The van der Waals surface area contributed by atoms with E-state index in [1.165, 1.54) is 23.4 Å². The summed E-state index contributed by atoms with van der Waals surface area (Å²) < 4.78 is 51.5. The molecule has 1 atom stereocenters. The number of aromatic amines is 1. The number of nitrogens with two attached hydrogens (primary N) is 1. The van der Waals surface area contributed by atoms with Gasteiger partial charge in [0.05, 0.1) is 10.6 Å². The molecule has 5 rings (SSSR count). The van der Waals surface area contributed by atoms with Crippen LogP contribution >= 0.6 is 11.6 Å². The molecule has 1 saturated carbocycles. The number of carbonyl (C=O) groups is 1. The molecule has 1 aliphatic heterocycles. The predicted octanol–water partition coefficient (Wildman–Crippen LogP) is 4.88. The average molecular weight is 614 g/mol. The Hall–Kier alpha value is -4.52. The number of H-pyrrole nitrogens is 1. The van der Waals surface area contributed by atoms with Crippen molar-refractivity contribution in [1.29, 1.82) is 0 Å². The molecule has 1 aromatic carbocycles. The fraction of sp³-hybridized carbons (Fsp3) is 0.310. The molecule has 224 valence electrons. The van der Waals surface area contributed by atoms with E-state index in [1.54, 1.807) is 0 Å². The molecule has 3 aromatic rings. The van der Waals surface area contributed by atoms with Crippen molar-refractivity contribution in [1.82, 2.24) is 20.1 Å². The fourth-order valence-electron chi connectivity index (χ4n) is 5.42. The van der Waals surface area contributed by atoms with Gasteiger partial charge in [-0.25, -0.2) is 28.1 Å². The van der Waals surface area contributed by atoms with Crippen molar-refractivity contribution < 1.29 is 22.4 Å². The quantitative estimate of drug-likeness (QED) is 0.159. The topological polar surface area (TPSA) is 143 Å². The van der Waals surface area contributed by atoms with Crippen molar-refractivity contribution in [3.05, 3.63) is 99.2 Å². The van der Waals surface area contributed by atoms with Gasteiger partial charge in [0, 0.05) is 24.5 Å². The number of hydrogen-bond donors (Lipinski definition) is 2. The standard InChI is InChI=1S/C29H27ClF3N7O3/c1-3-15-7-9-16(10-8-15)14-40-23(25(41)37-27(40)29(2,33)21-19(31)5-4-6-20(21)32)22(17-11-18(30)13-35-12-17)36-24(34)26-38-39-28(42)43-26/h3-6,11-13,15-16H,1,7-10,14H2,2H3,(H2,34,36)(H,39,42)/b23-22+/t15-,16-,29?. The van der Waals surface area contributed by atoms with Crippen LogP contribution in [0.25, 0.3) is 5.70 Å². The second-order valence-electron chi connectivity index (χ2n) is 10.5. The highest BCUT2D eigenvalue weighted by atomic mass is 35.5. The van der Waals surface area contributed by atoms with E-state index in [0.717, 1.165) is 50.8 Å². The molecular formula is C29H27ClF3N7O3. The minimum absolute atomic E-state index is 0.0482.